The highest BCUT2D eigenvalue weighted by molar-refractivity contribution is 5.99. The summed E-state index contributed by atoms with van der Waals surface area (Å²) in [5, 5.41) is 9.37. The molecule has 0 N–H and O–H groups in total. The van der Waals surface area contributed by atoms with Gasteiger partial charge in [-0.1, -0.05) is 13.0 Å². The van der Waals surface area contributed by atoms with Crippen LogP contribution in [0.1, 0.15) is 46.1 Å². The molecule has 32 heavy (non-hydrogen) atoms. The Balaban J connectivity index is 1.60. The lowest BCUT2D eigenvalue weighted by Crippen LogP contribution is -2.29. The number of hydrogen-bond donors (Lipinski definition) is 0. The molecule has 0 amide bonds. The minimum atomic E-state index is -0.114. The Hall–Kier alpha value is -3.13. The maximum Gasteiger partial charge on any atom is 0.166 e. The van der Waals surface area contributed by atoms with E-state index in [2.05, 4.69) is 30.5 Å². The van der Waals surface area contributed by atoms with Crippen LogP contribution < -0.4 is 9.64 Å². The lowest BCUT2D eigenvalue weighted by Gasteiger charge is -2.26. The summed E-state index contributed by atoms with van der Waals surface area (Å²) in [6, 6.07) is 9.96. The van der Waals surface area contributed by atoms with Crippen LogP contribution in [0.3, 0.4) is 0 Å². The van der Waals surface area contributed by atoms with Gasteiger partial charge >= 0.3 is 0 Å². The minimum absolute atomic E-state index is 0.0235. The summed E-state index contributed by atoms with van der Waals surface area (Å²) in [7, 11) is 1.64. The van der Waals surface area contributed by atoms with Crippen LogP contribution >= 0.6 is 0 Å². The number of carbonyl (C=O) groups excluding carboxylic acids is 1. The largest absolute Gasteiger partial charge is 0.497 e. The summed E-state index contributed by atoms with van der Waals surface area (Å²) in [4.78, 5) is 20.6. The van der Waals surface area contributed by atoms with Gasteiger partial charge in [0, 0.05) is 30.0 Å². The summed E-state index contributed by atoms with van der Waals surface area (Å²) >= 11 is 0. The topological polar surface area (TPSA) is 66.2 Å². The molecule has 2 aliphatic rings. The Morgan fingerprint density at radius 1 is 1.31 bits per heavy atom. The molecule has 5 nitrogen and oxygen atoms in total. The second-order valence-corrected chi connectivity index (χ2v) is 9.51. The molecular formula is C27H31N3O2. The SMILES string of the molecule is C=CC12CC(C(=O)c3ccc(OC)cc3C)C(C)C1CN(c1cc(C)c(C#N)c(C)n1)C2. The zero-order valence-electron chi connectivity index (χ0n) is 19.6. The van der Waals surface area contributed by atoms with Crippen LogP contribution in [0.5, 0.6) is 5.75 Å². The van der Waals surface area contributed by atoms with Gasteiger partial charge in [-0.25, -0.2) is 4.98 Å². The molecule has 2 aromatic rings. The number of hydrogen-bond acceptors (Lipinski definition) is 5. The van der Waals surface area contributed by atoms with Gasteiger partial charge in [-0.2, -0.15) is 5.26 Å². The number of benzene rings is 1. The van der Waals surface area contributed by atoms with E-state index in [-0.39, 0.29) is 23.0 Å². The third kappa shape index (κ3) is 3.39. The highest BCUT2D eigenvalue weighted by Crippen LogP contribution is 2.56. The van der Waals surface area contributed by atoms with Crippen molar-refractivity contribution in [3.8, 4) is 11.8 Å². The molecule has 0 bridgehead atoms. The standard InChI is InChI=1S/C27H31N3O2/c1-7-27-12-22(26(31)21-9-8-20(32-6)10-16(21)2)18(4)24(27)14-30(15-27)25-11-17(3)23(13-28)19(5)29-25/h7-11,18,22,24H,1,12,14-15H2,2-6H3. The number of methoxy groups -OCH3 is 1. The minimum Gasteiger partial charge on any atom is -0.497 e. The maximum absolute atomic E-state index is 13.5. The molecule has 0 spiro atoms. The molecule has 4 rings (SSSR count). The van der Waals surface area contributed by atoms with Gasteiger partial charge in [0.25, 0.3) is 0 Å². The molecule has 1 saturated heterocycles. The molecule has 2 fully saturated rings. The highest BCUT2D eigenvalue weighted by atomic mass is 16.5. The molecule has 2 heterocycles. The van der Waals surface area contributed by atoms with Crippen molar-refractivity contribution < 1.29 is 9.53 Å². The average molecular weight is 430 g/mol. The normalized spacial score (nSPS) is 26.5. The molecular weight excluding hydrogens is 398 g/mol. The molecule has 4 atom stereocenters. The fourth-order valence-corrected chi connectivity index (χ4v) is 5.92. The number of nitriles is 1. The number of fused-ring (bicyclic) bond motifs is 1. The van der Waals surface area contributed by atoms with Crippen LogP contribution in [-0.2, 0) is 0 Å². The average Bonchev–Trinajstić information content (AvgIpc) is 3.28. The zero-order valence-corrected chi connectivity index (χ0v) is 19.6. The van der Waals surface area contributed by atoms with Crippen molar-refractivity contribution in [1.29, 1.82) is 5.26 Å². The number of carbonyl (C=O) groups is 1. The summed E-state index contributed by atoms with van der Waals surface area (Å²) in [6.07, 6.45) is 2.88. The summed E-state index contributed by atoms with van der Waals surface area (Å²) in [5.41, 5.74) is 4.01. The van der Waals surface area contributed by atoms with Gasteiger partial charge in [0.1, 0.15) is 17.6 Å². The Kier molecular flexibility index (Phi) is 5.58. The van der Waals surface area contributed by atoms with E-state index in [4.69, 9.17) is 9.72 Å². The molecule has 5 heteroatoms. The molecule has 0 radical (unpaired) electrons. The van der Waals surface area contributed by atoms with Crippen molar-refractivity contribution in [3.63, 3.8) is 0 Å². The Bertz CT molecular complexity index is 1110. The van der Waals surface area contributed by atoms with Gasteiger partial charge in [-0.15, -0.1) is 6.58 Å². The van der Waals surface area contributed by atoms with Crippen molar-refractivity contribution in [1.82, 2.24) is 4.98 Å². The van der Waals surface area contributed by atoms with E-state index in [1.54, 1.807) is 7.11 Å². The van der Waals surface area contributed by atoms with Crippen LogP contribution in [0.15, 0.2) is 36.9 Å². The number of Topliss-reactive ketones (excluding diaryl/α,β-unsaturated/α-hetero) is 1. The number of pyridine rings is 1. The molecule has 4 unspecified atom stereocenters. The van der Waals surface area contributed by atoms with Gasteiger partial charge in [0.05, 0.1) is 18.4 Å². The van der Waals surface area contributed by atoms with Crippen molar-refractivity contribution in [2.24, 2.45) is 23.2 Å². The quantitative estimate of drug-likeness (QED) is 0.492. The number of aryl methyl sites for hydroxylation is 3. The molecule has 1 aliphatic carbocycles. The molecule has 1 aliphatic heterocycles. The Labute approximate surface area is 190 Å². The number of ketones is 1. The van der Waals surface area contributed by atoms with Gasteiger partial charge in [0.15, 0.2) is 5.78 Å². The van der Waals surface area contributed by atoms with E-state index >= 15 is 0 Å². The van der Waals surface area contributed by atoms with Crippen LogP contribution in [0.4, 0.5) is 5.82 Å². The van der Waals surface area contributed by atoms with E-state index in [0.717, 1.165) is 53.5 Å². The van der Waals surface area contributed by atoms with Gasteiger partial charge < -0.3 is 9.64 Å². The van der Waals surface area contributed by atoms with Gasteiger partial charge in [-0.3, -0.25) is 4.79 Å². The Morgan fingerprint density at radius 2 is 2.06 bits per heavy atom. The Morgan fingerprint density at radius 3 is 2.62 bits per heavy atom. The fourth-order valence-electron chi connectivity index (χ4n) is 5.92. The van der Waals surface area contributed by atoms with Crippen LogP contribution in [0.2, 0.25) is 0 Å². The third-order valence-electron chi connectivity index (χ3n) is 7.77. The molecule has 1 aromatic carbocycles. The zero-order chi connectivity index (χ0) is 23.2. The van der Waals surface area contributed by atoms with E-state index in [1.807, 2.05) is 45.0 Å². The molecule has 1 aromatic heterocycles. The summed E-state index contributed by atoms with van der Waals surface area (Å²) in [6.45, 7) is 13.9. The highest BCUT2D eigenvalue weighted by Gasteiger charge is 2.56. The summed E-state index contributed by atoms with van der Waals surface area (Å²) in [5.74, 6) is 2.47. The van der Waals surface area contributed by atoms with Gasteiger partial charge in [0.2, 0.25) is 0 Å². The van der Waals surface area contributed by atoms with Crippen molar-refractivity contribution in [2.45, 2.75) is 34.1 Å². The fraction of sp³-hybridized carbons (Fsp3) is 0.444. The third-order valence-corrected chi connectivity index (χ3v) is 7.77. The first-order chi connectivity index (χ1) is 15.2. The number of aromatic nitrogens is 1. The number of ether oxygens (including phenoxy) is 1. The van der Waals surface area contributed by atoms with E-state index < -0.39 is 0 Å². The lowest BCUT2D eigenvalue weighted by molar-refractivity contribution is 0.0885. The first kappa shape index (κ1) is 22.1. The van der Waals surface area contributed by atoms with Crippen LogP contribution in [0, 0.1) is 55.3 Å². The number of rotatable bonds is 5. The van der Waals surface area contributed by atoms with E-state index in [9.17, 15) is 10.1 Å². The van der Waals surface area contributed by atoms with Gasteiger partial charge in [-0.05, 0) is 74.4 Å². The number of nitrogens with zero attached hydrogens (tertiary/aromatic N) is 3. The summed E-state index contributed by atoms with van der Waals surface area (Å²) < 4.78 is 5.30. The van der Waals surface area contributed by atoms with E-state index in [0.29, 0.717) is 11.5 Å². The first-order valence-corrected chi connectivity index (χ1v) is 11.2. The van der Waals surface area contributed by atoms with Crippen molar-refractivity contribution >= 4 is 11.6 Å². The predicted molar refractivity (Wildman–Crippen MR) is 126 cm³/mol. The lowest BCUT2D eigenvalue weighted by atomic mass is 9.79. The second-order valence-electron chi connectivity index (χ2n) is 9.51. The van der Waals surface area contributed by atoms with E-state index in [1.165, 1.54) is 0 Å². The van der Waals surface area contributed by atoms with Crippen LogP contribution in [-0.4, -0.2) is 31.0 Å². The second kappa shape index (κ2) is 8.09. The monoisotopic (exact) mass is 429 g/mol. The smallest absolute Gasteiger partial charge is 0.166 e. The van der Waals surface area contributed by atoms with Crippen molar-refractivity contribution in [2.75, 3.05) is 25.1 Å². The predicted octanol–water partition coefficient (Wildman–Crippen LogP) is 5.03. The maximum atomic E-state index is 13.5. The first-order valence-electron chi connectivity index (χ1n) is 11.2. The molecule has 1 saturated carbocycles. The van der Waals surface area contributed by atoms with Crippen LogP contribution in [0.25, 0.3) is 0 Å². The number of anilines is 1. The molecule has 166 valence electrons. The van der Waals surface area contributed by atoms with Crippen molar-refractivity contribution in [3.05, 3.63) is 64.9 Å².